The minimum atomic E-state index is -0.810. The highest BCUT2D eigenvalue weighted by molar-refractivity contribution is 8.93. The van der Waals surface area contributed by atoms with Crippen molar-refractivity contribution in [3.8, 4) is 5.75 Å². The lowest BCUT2D eigenvalue weighted by Crippen LogP contribution is -2.47. The third-order valence-electron chi connectivity index (χ3n) is 7.65. The van der Waals surface area contributed by atoms with E-state index >= 15 is 0 Å². The van der Waals surface area contributed by atoms with Crippen molar-refractivity contribution in [2.24, 2.45) is 0 Å². The summed E-state index contributed by atoms with van der Waals surface area (Å²) < 4.78 is 5.70. The summed E-state index contributed by atoms with van der Waals surface area (Å²) in [5, 5.41) is 20.5. The Morgan fingerprint density at radius 3 is 2.26 bits per heavy atom. The Morgan fingerprint density at radius 2 is 1.67 bits per heavy atom. The fourth-order valence-electron chi connectivity index (χ4n) is 5.35. The molecule has 0 radical (unpaired) electrons. The van der Waals surface area contributed by atoms with Crippen LogP contribution in [0.2, 0.25) is 0 Å². The molecule has 228 valence electrons. The van der Waals surface area contributed by atoms with Crippen molar-refractivity contribution in [1.29, 1.82) is 5.41 Å². The molecule has 0 spiro atoms. The number of rotatable bonds is 10. The third-order valence-corrected chi connectivity index (χ3v) is 7.65. The van der Waals surface area contributed by atoms with Crippen LogP contribution in [0.25, 0.3) is 0 Å². The number of amides is 1. The van der Waals surface area contributed by atoms with Crippen LogP contribution >= 0.6 is 17.0 Å². The summed E-state index contributed by atoms with van der Waals surface area (Å²) in [7, 11) is 1.56. The van der Waals surface area contributed by atoms with Gasteiger partial charge in [-0.3, -0.25) is 29.6 Å². The molecule has 2 aromatic carbocycles. The fourth-order valence-corrected chi connectivity index (χ4v) is 5.35. The number of carbonyl (C=O) groups excluding carboxylic acids is 2. The minimum Gasteiger partial charge on any atom is -0.493 e. The van der Waals surface area contributed by atoms with Crippen molar-refractivity contribution in [3.63, 3.8) is 0 Å². The summed E-state index contributed by atoms with van der Waals surface area (Å²) in [6.07, 6.45) is 0. The molecule has 0 atom stereocenters. The lowest BCUT2D eigenvalue weighted by molar-refractivity contribution is -0.138. The monoisotopic (exact) mass is 643 g/mol. The van der Waals surface area contributed by atoms with Crippen LogP contribution in [0, 0.1) is 5.41 Å². The maximum atomic E-state index is 13.7. The van der Waals surface area contributed by atoms with Crippen LogP contribution in [0.5, 0.6) is 5.75 Å². The number of Topliss-reactive ketones (excluding diaryl/α,β-unsaturated/α-hetero) is 1. The average molecular weight is 645 g/mol. The summed E-state index contributed by atoms with van der Waals surface area (Å²) >= 11 is 0. The lowest BCUT2D eigenvalue weighted by atomic mass is 9.84. The van der Waals surface area contributed by atoms with E-state index < -0.39 is 5.97 Å². The van der Waals surface area contributed by atoms with Gasteiger partial charge in [-0.2, -0.15) is 0 Å². The molecule has 1 amide bonds. The van der Waals surface area contributed by atoms with E-state index in [2.05, 4.69) is 37.1 Å². The maximum absolute atomic E-state index is 13.7. The smallest absolute Gasteiger partial charge is 0.317 e. The van der Waals surface area contributed by atoms with E-state index in [1.807, 2.05) is 24.0 Å². The molecule has 0 bridgehead atoms. The fraction of sp³-hybridized carbons (Fsp3) is 0.484. The van der Waals surface area contributed by atoms with Gasteiger partial charge in [0.2, 0.25) is 0 Å². The minimum absolute atomic E-state index is 0. The molecular formula is C31H42BrN5O5. The zero-order valence-corrected chi connectivity index (χ0v) is 26.8. The van der Waals surface area contributed by atoms with Gasteiger partial charge in [0.25, 0.3) is 5.91 Å². The molecule has 0 aliphatic carbocycles. The second kappa shape index (κ2) is 13.8. The van der Waals surface area contributed by atoms with Gasteiger partial charge >= 0.3 is 5.97 Å². The SMILES string of the molecule is Br.CCOc1cc2c(cc1C(=O)NC)C(=N)N(CC(=O)c1cc(CN3CCN(CC(=O)O)CC3)cc(C(C)(C)C)c1)C2. The number of hydrogen-bond donors (Lipinski definition) is 3. The molecule has 42 heavy (non-hydrogen) atoms. The van der Waals surface area contributed by atoms with E-state index in [1.54, 1.807) is 24.1 Å². The standard InChI is InChI=1S/C31H41N5O5.BrH/c1-6-41-27-14-22-17-36(29(32)24(22)15-25(27)30(40)33-5)18-26(37)21-11-20(12-23(13-21)31(2,3)4)16-34-7-9-35(10-8-34)19-28(38)39;/h11-15,32H,6-10,16-19H2,1-5H3,(H,33,40)(H,38,39);1H. The van der Waals surface area contributed by atoms with E-state index in [-0.39, 0.29) is 53.0 Å². The number of nitrogens with one attached hydrogen (secondary N) is 2. The molecule has 0 aromatic heterocycles. The number of benzene rings is 2. The Balaban J connectivity index is 0.00000484. The van der Waals surface area contributed by atoms with E-state index in [0.717, 1.165) is 29.8 Å². The first-order valence-electron chi connectivity index (χ1n) is 14.1. The highest BCUT2D eigenvalue weighted by Crippen LogP contribution is 2.31. The number of halogens is 1. The Morgan fingerprint density at radius 1 is 1.00 bits per heavy atom. The highest BCUT2D eigenvalue weighted by Gasteiger charge is 2.30. The summed E-state index contributed by atoms with van der Waals surface area (Å²) in [6, 6.07) is 9.55. The molecular weight excluding hydrogens is 602 g/mol. The second-order valence-corrected chi connectivity index (χ2v) is 11.8. The first-order valence-corrected chi connectivity index (χ1v) is 14.1. The zero-order valence-electron chi connectivity index (χ0n) is 25.1. The van der Waals surface area contributed by atoms with Crippen molar-refractivity contribution < 1.29 is 24.2 Å². The molecule has 4 rings (SSSR count). The number of hydrogen-bond acceptors (Lipinski definition) is 7. The van der Waals surface area contributed by atoms with Crippen LogP contribution in [-0.4, -0.2) is 96.2 Å². The summed E-state index contributed by atoms with van der Waals surface area (Å²) in [4.78, 5) is 43.1. The number of carboxylic acid groups (broad SMARTS) is 1. The van der Waals surface area contributed by atoms with E-state index in [1.165, 1.54) is 0 Å². The van der Waals surface area contributed by atoms with Crippen molar-refractivity contribution in [1.82, 2.24) is 20.0 Å². The quantitative estimate of drug-likeness (QED) is 0.336. The Kier molecular flexibility index (Phi) is 10.9. The Bertz CT molecular complexity index is 1350. The normalized spacial score (nSPS) is 15.6. The molecule has 0 saturated carbocycles. The molecule has 0 unspecified atom stereocenters. The first-order chi connectivity index (χ1) is 19.4. The van der Waals surface area contributed by atoms with Gasteiger partial charge in [-0.05, 0) is 53.3 Å². The van der Waals surface area contributed by atoms with Crippen LogP contribution in [0.1, 0.15) is 70.7 Å². The molecule has 1 fully saturated rings. The Hall–Kier alpha value is -3.28. The van der Waals surface area contributed by atoms with Crippen LogP contribution in [-0.2, 0) is 23.3 Å². The number of nitrogens with zero attached hydrogens (tertiary/aromatic N) is 3. The Labute approximate surface area is 258 Å². The molecule has 11 heteroatoms. The van der Waals surface area contributed by atoms with Gasteiger partial charge in [0.15, 0.2) is 5.78 Å². The van der Waals surface area contributed by atoms with Crippen molar-refractivity contribution in [2.75, 3.05) is 52.9 Å². The topological polar surface area (TPSA) is 126 Å². The number of aliphatic carboxylic acids is 1. The second-order valence-electron chi connectivity index (χ2n) is 11.8. The number of carbonyl (C=O) groups is 3. The summed E-state index contributed by atoms with van der Waals surface area (Å²) in [5.41, 5.74) is 4.42. The van der Waals surface area contributed by atoms with Gasteiger partial charge in [-0.15, -0.1) is 17.0 Å². The molecule has 2 heterocycles. The predicted molar refractivity (Wildman–Crippen MR) is 167 cm³/mol. The van der Waals surface area contributed by atoms with Crippen LogP contribution in [0.15, 0.2) is 30.3 Å². The molecule has 2 aliphatic rings. The molecule has 2 aliphatic heterocycles. The largest absolute Gasteiger partial charge is 0.493 e. The van der Waals surface area contributed by atoms with E-state index in [9.17, 15) is 14.4 Å². The van der Waals surface area contributed by atoms with Gasteiger partial charge in [0.05, 0.1) is 25.3 Å². The van der Waals surface area contributed by atoms with Gasteiger partial charge < -0.3 is 20.1 Å². The number of fused-ring (bicyclic) bond motifs is 1. The van der Waals surface area contributed by atoms with Gasteiger partial charge in [-0.1, -0.05) is 26.8 Å². The third kappa shape index (κ3) is 7.76. The predicted octanol–water partition coefficient (Wildman–Crippen LogP) is 3.55. The number of carboxylic acids is 1. The van der Waals surface area contributed by atoms with E-state index in [0.29, 0.717) is 55.2 Å². The van der Waals surface area contributed by atoms with Crippen LogP contribution in [0.4, 0.5) is 0 Å². The average Bonchev–Trinajstić information content (AvgIpc) is 3.21. The summed E-state index contributed by atoms with van der Waals surface area (Å²) in [5.74, 6) is -0.479. The van der Waals surface area contributed by atoms with Crippen molar-refractivity contribution in [2.45, 2.75) is 46.2 Å². The summed E-state index contributed by atoms with van der Waals surface area (Å²) in [6.45, 7) is 12.7. The number of ketones is 1. The van der Waals surface area contributed by atoms with Crippen LogP contribution < -0.4 is 10.1 Å². The first kappa shape index (κ1) is 33.2. The number of amidine groups is 1. The number of piperazine rings is 1. The van der Waals surface area contributed by atoms with Gasteiger partial charge in [0, 0.05) is 57.4 Å². The zero-order chi connectivity index (χ0) is 29.9. The molecule has 10 nitrogen and oxygen atoms in total. The van der Waals surface area contributed by atoms with E-state index in [4.69, 9.17) is 15.3 Å². The maximum Gasteiger partial charge on any atom is 0.317 e. The molecule has 3 N–H and O–H groups in total. The van der Waals surface area contributed by atoms with Crippen molar-refractivity contribution in [3.05, 3.63) is 63.7 Å². The van der Waals surface area contributed by atoms with Crippen LogP contribution in [0.3, 0.4) is 0 Å². The molecule has 1 saturated heterocycles. The highest BCUT2D eigenvalue weighted by atomic mass is 79.9. The lowest BCUT2D eigenvalue weighted by Gasteiger charge is -2.34. The van der Waals surface area contributed by atoms with Crippen molar-refractivity contribution >= 4 is 40.5 Å². The van der Waals surface area contributed by atoms with Gasteiger partial charge in [-0.25, -0.2) is 0 Å². The molecule has 2 aromatic rings. The van der Waals surface area contributed by atoms with Gasteiger partial charge in [0.1, 0.15) is 11.6 Å². The number of ether oxygens (including phenoxy) is 1.